The maximum Gasteiger partial charge on any atom is 0.390 e. The summed E-state index contributed by atoms with van der Waals surface area (Å²) in [5, 5.41) is 2.68. The van der Waals surface area contributed by atoms with Crippen molar-refractivity contribution in [2.45, 2.75) is 38.4 Å². The molecule has 0 aromatic rings. The first-order chi connectivity index (χ1) is 5.95. The first-order valence-corrected chi connectivity index (χ1v) is 4.48. The van der Waals surface area contributed by atoms with Crippen LogP contribution in [0.5, 0.6) is 0 Å². The van der Waals surface area contributed by atoms with Crippen molar-refractivity contribution in [2.75, 3.05) is 13.1 Å². The molecule has 0 aliphatic rings. The largest absolute Gasteiger partial charge is 0.390 e. The van der Waals surface area contributed by atoms with Crippen molar-refractivity contribution < 1.29 is 13.2 Å². The lowest BCUT2D eigenvalue weighted by molar-refractivity contribution is -0.133. The lowest BCUT2D eigenvalue weighted by Gasteiger charge is -2.12. The quantitative estimate of drug-likeness (QED) is 0.637. The van der Waals surface area contributed by atoms with Gasteiger partial charge in [-0.25, -0.2) is 0 Å². The first kappa shape index (κ1) is 12.7. The standard InChI is InChI=1S/C8H17F3N2/c1-2-3-7(12)6-13-5-4-8(9,10)11/h7,13H,2-6,12H2,1H3. The molecular weight excluding hydrogens is 181 g/mol. The van der Waals surface area contributed by atoms with Gasteiger partial charge in [0.1, 0.15) is 0 Å². The Morgan fingerprint density at radius 1 is 1.38 bits per heavy atom. The zero-order valence-corrected chi connectivity index (χ0v) is 7.82. The highest BCUT2D eigenvalue weighted by atomic mass is 19.4. The summed E-state index contributed by atoms with van der Waals surface area (Å²) in [5.74, 6) is 0. The van der Waals surface area contributed by atoms with Crippen LogP contribution in [0.3, 0.4) is 0 Å². The maximum atomic E-state index is 11.7. The predicted octanol–water partition coefficient (Wildman–Crippen LogP) is 1.66. The molecule has 0 aliphatic heterocycles. The van der Waals surface area contributed by atoms with E-state index in [0.717, 1.165) is 12.8 Å². The highest BCUT2D eigenvalue weighted by molar-refractivity contribution is 4.64. The second kappa shape index (κ2) is 6.21. The van der Waals surface area contributed by atoms with E-state index in [-0.39, 0.29) is 12.6 Å². The van der Waals surface area contributed by atoms with Gasteiger partial charge < -0.3 is 11.1 Å². The average molecular weight is 198 g/mol. The molecule has 0 fully saturated rings. The van der Waals surface area contributed by atoms with Crippen LogP contribution in [-0.2, 0) is 0 Å². The SMILES string of the molecule is CCCC(N)CNCCC(F)(F)F. The minimum absolute atomic E-state index is 0.0294. The van der Waals surface area contributed by atoms with E-state index in [1.807, 2.05) is 6.92 Å². The number of nitrogens with two attached hydrogens (primary N) is 1. The van der Waals surface area contributed by atoms with Crippen LogP contribution in [0.4, 0.5) is 13.2 Å². The summed E-state index contributed by atoms with van der Waals surface area (Å²) in [7, 11) is 0. The van der Waals surface area contributed by atoms with Crippen LogP contribution in [0, 0.1) is 0 Å². The van der Waals surface area contributed by atoms with Crippen molar-refractivity contribution in [2.24, 2.45) is 5.73 Å². The summed E-state index contributed by atoms with van der Waals surface area (Å²) in [5.41, 5.74) is 5.59. The normalized spacial score (nSPS) is 14.5. The van der Waals surface area contributed by atoms with Gasteiger partial charge in [-0.3, -0.25) is 0 Å². The molecule has 0 radical (unpaired) electrons. The Morgan fingerprint density at radius 3 is 2.46 bits per heavy atom. The molecule has 1 atom stereocenters. The molecule has 0 saturated heterocycles. The summed E-state index contributed by atoms with van der Waals surface area (Å²) in [4.78, 5) is 0. The van der Waals surface area contributed by atoms with Gasteiger partial charge in [0.05, 0.1) is 6.42 Å². The molecule has 0 aliphatic carbocycles. The molecule has 1 unspecified atom stereocenters. The lowest BCUT2D eigenvalue weighted by Crippen LogP contribution is -2.35. The summed E-state index contributed by atoms with van der Waals surface area (Å²) >= 11 is 0. The van der Waals surface area contributed by atoms with Gasteiger partial charge in [0.15, 0.2) is 0 Å². The van der Waals surface area contributed by atoms with Gasteiger partial charge >= 0.3 is 6.18 Å². The van der Waals surface area contributed by atoms with Crippen LogP contribution in [0.2, 0.25) is 0 Å². The predicted molar refractivity (Wildman–Crippen MR) is 46.4 cm³/mol. The van der Waals surface area contributed by atoms with Crippen LogP contribution in [0.15, 0.2) is 0 Å². The first-order valence-electron chi connectivity index (χ1n) is 4.48. The van der Waals surface area contributed by atoms with Gasteiger partial charge in [-0.05, 0) is 6.42 Å². The van der Waals surface area contributed by atoms with Gasteiger partial charge in [0, 0.05) is 19.1 Å². The van der Waals surface area contributed by atoms with Gasteiger partial charge in [0.25, 0.3) is 0 Å². The Balaban J connectivity index is 3.25. The minimum Gasteiger partial charge on any atom is -0.327 e. The average Bonchev–Trinajstić information content (AvgIpc) is 1.97. The van der Waals surface area contributed by atoms with Crippen LogP contribution in [0.1, 0.15) is 26.2 Å². The fourth-order valence-corrected chi connectivity index (χ4v) is 0.990. The van der Waals surface area contributed by atoms with Gasteiger partial charge in [-0.2, -0.15) is 13.2 Å². The number of nitrogens with one attached hydrogen (secondary N) is 1. The Hall–Kier alpha value is -0.290. The number of rotatable bonds is 6. The molecule has 0 spiro atoms. The van der Waals surface area contributed by atoms with Crippen molar-refractivity contribution in [3.05, 3.63) is 0 Å². The van der Waals surface area contributed by atoms with E-state index in [1.54, 1.807) is 0 Å². The Morgan fingerprint density at radius 2 is 2.00 bits per heavy atom. The molecule has 80 valence electrons. The molecule has 0 amide bonds. The van der Waals surface area contributed by atoms with Crippen LogP contribution >= 0.6 is 0 Å². The van der Waals surface area contributed by atoms with Gasteiger partial charge in [-0.1, -0.05) is 13.3 Å². The second-order valence-electron chi connectivity index (χ2n) is 3.12. The molecule has 3 N–H and O–H groups in total. The number of halogens is 3. The van der Waals surface area contributed by atoms with E-state index in [1.165, 1.54) is 0 Å². The fraction of sp³-hybridized carbons (Fsp3) is 1.00. The zero-order chi connectivity index (χ0) is 10.3. The third kappa shape index (κ3) is 9.63. The molecule has 13 heavy (non-hydrogen) atoms. The van der Waals surface area contributed by atoms with E-state index in [0.29, 0.717) is 6.54 Å². The van der Waals surface area contributed by atoms with Crippen LogP contribution in [0.25, 0.3) is 0 Å². The molecule has 5 heteroatoms. The van der Waals surface area contributed by atoms with E-state index >= 15 is 0 Å². The third-order valence-corrected chi connectivity index (χ3v) is 1.65. The van der Waals surface area contributed by atoms with E-state index in [2.05, 4.69) is 5.32 Å². The van der Waals surface area contributed by atoms with E-state index in [9.17, 15) is 13.2 Å². The minimum atomic E-state index is -4.07. The maximum absolute atomic E-state index is 11.7. The molecule has 0 rings (SSSR count). The third-order valence-electron chi connectivity index (χ3n) is 1.65. The highest BCUT2D eigenvalue weighted by Gasteiger charge is 2.25. The zero-order valence-electron chi connectivity index (χ0n) is 7.82. The molecule has 0 aromatic carbocycles. The van der Waals surface area contributed by atoms with Gasteiger partial charge in [-0.15, -0.1) is 0 Å². The van der Waals surface area contributed by atoms with E-state index < -0.39 is 12.6 Å². The van der Waals surface area contributed by atoms with Gasteiger partial charge in [0.2, 0.25) is 0 Å². The molecule has 0 bridgehead atoms. The Bertz CT molecular complexity index is 125. The topological polar surface area (TPSA) is 38.0 Å². The van der Waals surface area contributed by atoms with Crippen molar-refractivity contribution in [3.63, 3.8) is 0 Å². The lowest BCUT2D eigenvalue weighted by atomic mass is 10.2. The Kier molecular flexibility index (Phi) is 6.07. The summed E-state index contributed by atoms with van der Waals surface area (Å²) in [6.45, 7) is 2.42. The van der Waals surface area contributed by atoms with Crippen molar-refractivity contribution >= 4 is 0 Å². The number of hydrogen-bond donors (Lipinski definition) is 2. The molecule has 0 aromatic heterocycles. The van der Waals surface area contributed by atoms with Crippen LogP contribution in [-0.4, -0.2) is 25.3 Å². The monoisotopic (exact) mass is 198 g/mol. The van der Waals surface area contributed by atoms with E-state index in [4.69, 9.17) is 5.73 Å². The fourth-order valence-electron chi connectivity index (χ4n) is 0.990. The van der Waals surface area contributed by atoms with Crippen molar-refractivity contribution in [1.29, 1.82) is 0 Å². The molecular formula is C8H17F3N2. The molecule has 2 nitrogen and oxygen atoms in total. The molecule has 0 saturated carbocycles. The smallest absolute Gasteiger partial charge is 0.327 e. The number of alkyl halides is 3. The Labute approximate surface area is 76.7 Å². The van der Waals surface area contributed by atoms with Crippen molar-refractivity contribution in [3.8, 4) is 0 Å². The highest BCUT2D eigenvalue weighted by Crippen LogP contribution is 2.17. The molecule has 0 heterocycles. The number of hydrogen-bond acceptors (Lipinski definition) is 2. The van der Waals surface area contributed by atoms with Crippen LogP contribution < -0.4 is 11.1 Å². The summed E-state index contributed by atoms with van der Waals surface area (Å²) in [6, 6.07) is -0.0294. The second-order valence-corrected chi connectivity index (χ2v) is 3.12. The van der Waals surface area contributed by atoms with Crippen molar-refractivity contribution in [1.82, 2.24) is 5.32 Å². The summed E-state index contributed by atoms with van der Waals surface area (Å²) < 4.78 is 35.0. The summed E-state index contributed by atoms with van der Waals surface area (Å²) in [6.07, 6.45) is -3.05.